The van der Waals surface area contributed by atoms with Crippen molar-refractivity contribution < 1.29 is 8.42 Å². The van der Waals surface area contributed by atoms with Crippen LogP contribution >= 0.6 is 0 Å². The molecule has 0 radical (unpaired) electrons. The third-order valence-electron chi connectivity index (χ3n) is 2.54. The van der Waals surface area contributed by atoms with E-state index in [1.165, 1.54) is 5.56 Å². The Labute approximate surface area is 104 Å². The first-order valence-corrected chi connectivity index (χ1v) is 7.62. The predicted molar refractivity (Wildman–Crippen MR) is 70.7 cm³/mol. The fourth-order valence-electron chi connectivity index (χ4n) is 1.70. The summed E-state index contributed by atoms with van der Waals surface area (Å²) >= 11 is 0. The van der Waals surface area contributed by atoms with Crippen molar-refractivity contribution >= 4 is 9.84 Å². The zero-order valence-corrected chi connectivity index (χ0v) is 11.3. The van der Waals surface area contributed by atoms with Crippen LogP contribution in [-0.4, -0.2) is 20.7 Å². The second kappa shape index (κ2) is 6.17. The Morgan fingerprint density at radius 3 is 2.24 bits per heavy atom. The highest BCUT2D eigenvalue weighted by molar-refractivity contribution is 7.91. The summed E-state index contributed by atoms with van der Waals surface area (Å²) in [6.45, 7) is 4.70. The molecule has 0 saturated heterocycles. The van der Waals surface area contributed by atoms with Gasteiger partial charge >= 0.3 is 0 Å². The maximum absolute atomic E-state index is 11.9. The fraction of sp³-hybridized carbons (Fsp3) is 0.538. The molecule has 0 atom stereocenters. The minimum Gasteiger partial charge on any atom is -0.330 e. The molecule has 0 bridgehead atoms. The molecule has 0 saturated carbocycles. The van der Waals surface area contributed by atoms with Crippen LogP contribution in [-0.2, 0) is 16.3 Å². The maximum Gasteiger partial charge on any atom is 0.178 e. The van der Waals surface area contributed by atoms with Crippen LogP contribution in [0.2, 0.25) is 0 Å². The van der Waals surface area contributed by atoms with Crippen LogP contribution in [0.25, 0.3) is 0 Å². The third kappa shape index (κ3) is 4.48. The third-order valence-corrected chi connectivity index (χ3v) is 4.36. The first-order valence-electron chi connectivity index (χ1n) is 5.97. The summed E-state index contributed by atoms with van der Waals surface area (Å²) in [6, 6.07) is 7.19. The molecule has 0 spiro atoms. The molecule has 0 amide bonds. The lowest BCUT2D eigenvalue weighted by molar-refractivity contribution is 0.593. The average molecular weight is 255 g/mol. The largest absolute Gasteiger partial charge is 0.330 e. The van der Waals surface area contributed by atoms with Crippen molar-refractivity contribution in [3.8, 4) is 0 Å². The van der Waals surface area contributed by atoms with Gasteiger partial charge in [-0.15, -0.1) is 0 Å². The van der Waals surface area contributed by atoms with Gasteiger partial charge in [-0.05, 0) is 43.0 Å². The molecule has 96 valence electrons. The molecule has 1 aromatic carbocycles. The van der Waals surface area contributed by atoms with E-state index in [1.54, 1.807) is 12.1 Å². The van der Waals surface area contributed by atoms with Crippen LogP contribution in [0.3, 0.4) is 0 Å². The molecular formula is C13H21NO2S. The van der Waals surface area contributed by atoms with Gasteiger partial charge in [0.1, 0.15) is 0 Å². The molecule has 0 unspecified atom stereocenters. The topological polar surface area (TPSA) is 60.2 Å². The maximum atomic E-state index is 11.9. The lowest BCUT2D eigenvalue weighted by Crippen LogP contribution is -2.11. The monoisotopic (exact) mass is 255 g/mol. The SMILES string of the molecule is CC(C)Cc1ccc(S(=O)(=O)CCCN)cc1. The molecule has 2 N–H and O–H groups in total. The van der Waals surface area contributed by atoms with E-state index in [0.29, 0.717) is 23.8 Å². The predicted octanol–water partition coefficient (Wildman–Crippen LogP) is 2.01. The number of nitrogens with two attached hydrogens (primary N) is 1. The standard InChI is InChI=1S/C13H21NO2S/c1-11(2)10-12-4-6-13(7-5-12)17(15,16)9-3-8-14/h4-7,11H,3,8-10,14H2,1-2H3. The number of rotatable bonds is 6. The number of sulfone groups is 1. The van der Waals surface area contributed by atoms with Crippen LogP contribution in [0.4, 0.5) is 0 Å². The van der Waals surface area contributed by atoms with Gasteiger partial charge in [0.05, 0.1) is 10.6 Å². The second-order valence-electron chi connectivity index (χ2n) is 4.70. The number of benzene rings is 1. The van der Waals surface area contributed by atoms with Gasteiger partial charge in [-0.25, -0.2) is 8.42 Å². The molecule has 1 aromatic rings. The van der Waals surface area contributed by atoms with Crippen molar-refractivity contribution in [2.45, 2.75) is 31.6 Å². The average Bonchev–Trinajstić information content (AvgIpc) is 2.26. The Morgan fingerprint density at radius 2 is 1.76 bits per heavy atom. The highest BCUT2D eigenvalue weighted by atomic mass is 32.2. The van der Waals surface area contributed by atoms with Crippen LogP contribution in [0.15, 0.2) is 29.2 Å². The molecule has 1 rings (SSSR count). The molecule has 0 aliphatic rings. The smallest absolute Gasteiger partial charge is 0.178 e. The van der Waals surface area contributed by atoms with Crippen molar-refractivity contribution in [2.75, 3.05) is 12.3 Å². The van der Waals surface area contributed by atoms with E-state index in [4.69, 9.17) is 5.73 Å². The van der Waals surface area contributed by atoms with E-state index < -0.39 is 9.84 Å². The Bertz CT molecular complexity index is 435. The Morgan fingerprint density at radius 1 is 1.18 bits per heavy atom. The summed E-state index contributed by atoms with van der Waals surface area (Å²) in [5.74, 6) is 0.710. The van der Waals surface area contributed by atoms with Gasteiger partial charge in [0, 0.05) is 0 Å². The highest BCUT2D eigenvalue weighted by Gasteiger charge is 2.13. The Kier molecular flexibility index (Phi) is 5.15. The Hall–Kier alpha value is -0.870. The molecule has 0 aliphatic carbocycles. The van der Waals surface area contributed by atoms with Gasteiger partial charge in [-0.3, -0.25) is 0 Å². The van der Waals surface area contributed by atoms with E-state index in [0.717, 1.165) is 6.42 Å². The normalized spacial score (nSPS) is 12.0. The lowest BCUT2D eigenvalue weighted by Gasteiger charge is -2.07. The van der Waals surface area contributed by atoms with Gasteiger partial charge in [-0.1, -0.05) is 26.0 Å². The summed E-state index contributed by atoms with van der Waals surface area (Å²) in [5.41, 5.74) is 6.51. The molecule has 3 nitrogen and oxygen atoms in total. The van der Waals surface area contributed by atoms with Crippen LogP contribution in [0, 0.1) is 5.92 Å². The van der Waals surface area contributed by atoms with E-state index in [-0.39, 0.29) is 5.75 Å². The molecule has 4 heteroatoms. The molecule has 0 heterocycles. The summed E-state index contributed by atoms with van der Waals surface area (Å²) in [6.07, 6.45) is 1.49. The van der Waals surface area contributed by atoms with Gasteiger partial charge in [0.25, 0.3) is 0 Å². The van der Waals surface area contributed by atoms with E-state index in [2.05, 4.69) is 13.8 Å². The zero-order chi connectivity index (χ0) is 12.9. The summed E-state index contributed by atoms with van der Waals surface area (Å²) in [5, 5.41) is 0. The van der Waals surface area contributed by atoms with Crippen LogP contribution in [0.1, 0.15) is 25.8 Å². The second-order valence-corrected chi connectivity index (χ2v) is 6.81. The summed E-state index contributed by atoms with van der Waals surface area (Å²) in [7, 11) is -3.15. The molecule has 0 fully saturated rings. The first kappa shape index (κ1) is 14.2. The highest BCUT2D eigenvalue weighted by Crippen LogP contribution is 2.15. The summed E-state index contributed by atoms with van der Waals surface area (Å²) < 4.78 is 23.7. The minimum absolute atomic E-state index is 0.132. The van der Waals surface area contributed by atoms with Crippen molar-refractivity contribution in [3.63, 3.8) is 0 Å². The van der Waals surface area contributed by atoms with E-state index in [9.17, 15) is 8.42 Å². The molecule has 0 aromatic heterocycles. The molecular weight excluding hydrogens is 234 g/mol. The fourth-order valence-corrected chi connectivity index (χ4v) is 3.03. The van der Waals surface area contributed by atoms with Crippen molar-refractivity contribution in [1.29, 1.82) is 0 Å². The summed E-state index contributed by atoms with van der Waals surface area (Å²) in [4.78, 5) is 0.401. The van der Waals surface area contributed by atoms with E-state index in [1.807, 2.05) is 12.1 Å². The van der Waals surface area contributed by atoms with Crippen LogP contribution in [0.5, 0.6) is 0 Å². The van der Waals surface area contributed by atoms with Crippen molar-refractivity contribution in [3.05, 3.63) is 29.8 Å². The lowest BCUT2D eigenvalue weighted by atomic mass is 10.0. The first-order chi connectivity index (χ1) is 7.95. The number of hydrogen-bond acceptors (Lipinski definition) is 3. The van der Waals surface area contributed by atoms with Gasteiger partial charge in [0.15, 0.2) is 9.84 Å². The quantitative estimate of drug-likeness (QED) is 0.846. The Balaban J connectivity index is 2.80. The van der Waals surface area contributed by atoms with Gasteiger partial charge in [-0.2, -0.15) is 0 Å². The van der Waals surface area contributed by atoms with Crippen LogP contribution < -0.4 is 5.73 Å². The van der Waals surface area contributed by atoms with Gasteiger partial charge < -0.3 is 5.73 Å². The number of hydrogen-bond donors (Lipinski definition) is 1. The molecule has 17 heavy (non-hydrogen) atoms. The minimum atomic E-state index is -3.15. The zero-order valence-electron chi connectivity index (χ0n) is 10.5. The molecule has 0 aliphatic heterocycles. The van der Waals surface area contributed by atoms with E-state index >= 15 is 0 Å². The van der Waals surface area contributed by atoms with Crippen molar-refractivity contribution in [1.82, 2.24) is 0 Å². The van der Waals surface area contributed by atoms with Gasteiger partial charge in [0.2, 0.25) is 0 Å². The van der Waals surface area contributed by atoms with Crippen molar-refractivity contribution in [2.24, 2.45) is 11.7 Å².